The second-order valence-electron chi connectivity index (χ2n) is 7.17. The van der Waals surface area contributed by atoms with Gasteiger partial charge in [0.2, 0.25) is 0 Å². The third-order valence-electron chi connectivity index (χ3n) is 5.06. The lowest BCUT2D eigenvalue weighted by Gasteiger charge is -2.32. The fourth-order valence-electron chi connectivity index (χ4n) is 3.40. The van der Waals surface area contributed by atoms with Crippen LogP contribution in [-0.4, -0.2) is 36.3 Å². The topological polar surface area (TPSA) is 85.2 Å². The third-order valence-corrected chi connectivity index (χ3v) is 5.30. The number of carbonyl (C=O) groups is 2. The predicted octanol–water partition coefficient (Wildman–Crippen LogP) is 3.18. The van der Waals surface area contributed by atoms with E-state index in [1.807, 2.05) is 24.3 Å². The molecule has 2 amide bonds. The summed E-state index contributed by atoms with van der Waals surface area (Å²) in [7, 11) is 0. The highest BCUT2D eigenvalue weighted by atomic mass is 35.5. The number of anilines is 1. The van der Waals surface area contributed by atoms with Gasteiger partial charge in [-0.05, 0) is 55.6 Å². The summed E-state index contributed by atoms with van der Waals surface area (Å²) in [6.45, 7) is 3.33. The van der Waals surface area contributed by atoms with Crippen LogP contribution in [-0.2, 0) is 16.1 Å². The van der Waals surface area contributed by atoms with Crippen molar-refractivity contribution in [2.45, 2.75) is 19.4 Å². The van der Waals surface area contributed by atoms with Crippen molar-refractivity contribution in [1.82, 2.24) is 10.2 Å². The van der Waals surface area contributed by atoms with Gasteiger partial charge in [0, 0.05) is 18.1 Å². The van der Waals surface area contributed by atoms with Crippen LogP contribution in [0.25, 0.3) is 0 Å². The van der Waals surface area contributed by atoms with E-state index in [4.69, 9.17) is 16.9 Å². The van der Waals surface area contributed by atoms with Crippen molar-refractivity contribution in [2.75, 3.05) is 25.0 Å². The van der Waals surface area contributed by atoms with Crippen LogP contribution >= 0.6 is 11.6 Å². The number of hydrogen-bond donors (Lipinski definition) is 2. The predicted molar refractivity (Wildman–Crippen MR) is 112 cm³/mol. The number of nitrogens with zero attached hydrogens (tertiary/aromatic N) is 2. The molecule has 1 aliphatic rings. The monoisotopic (exact) mass is 410 g/mol. The van der Waals surface area contributed by atoms with Gasteiger partial charge >= 0.3 is 11.8 Å². The Labute approximate surface area is 175 Å². The highest BCUT2D eigenvalue weighted by molar-refractivity contribution is 6.40. The first kappa shape index (κ1) is 20.8. The van der Waals surface area contributed by atoms with Gasteiger partial charge in [-0.15, -0.1) is 0 Å². The van der Waals surface area contributed by atoms with Crippen LogP contribution in [0.5, 0.6) is 0 Å². The molecule has 3 rings (SSSR count). The molecule has 0 saturated carbocycles. The maximum atomic E-state index is 12.1. The minimum absolute atomic E-state index is 0.231. The van der Waals surface area contributed by atoms with Crippen molar-refractivity contribution in [1.29, 1.82) is 5.26 Å². The quantitative estimate of drug-likeness (QED) is 0.741. The highest BCUT2D eigenvalue weighted by Gasteiger charge is 2.22. The lowest BCUT2D eigenvalue weighted by Crippen LogP contribution is -2.41. The van der Waals surface area contributed by atoms with Crippen molar-refractivity contribution < 1.29 is 9.59 Å². The SMILES string of the molecule is N#Cc1ccc(Cl)cc1NC(=O)C(=O)NCC1CCN(Cc2ccccc2)CC1. The van der Waals surface area contributed by atoms with Crippen molar-refractivity contribution in [2.24, 2.45) is 5.92 Å². The molecule has 0 unspecified atom stereocenters. The van der Waals surface area contributed by atoms with Gasteiger partial charge in [0.25, 0.3) is 0 Å². The van der Waals surface area contributed by atoms with Crippen LogP contribution in [0.15, 0.2) is 48.5 Å². The molecule has 2 aromatic carbocycles. The van der Waals surface area contributed by atoms with Crippen molar-refractivity contribution in [3.8, 4) is 6.07 Å². The lowest BCUT2D eigenvalue weighted by molar-refractivity contribution is -0.136. The summed E-state index contributed by atoms with van der Waals surface area (Å²) < 4.78 is 0. The van der Waals surface area contributed by atoms with Crippen molar-refractivity contribution >= 4 is 29.1 Å². The number of hydrogen-bond acceptors (Lipinski definition) is 4. The van der Waals surface area contributed by atoms with Crippen LogP contribution in [0, 0.1) is 17.2 Å². The molecule has 0 spiro atoms. The molecule has 0 radical (unpaired) electrons. The number of halogens is 1. The van der Waals surface area contributed by atoms with E-state index >= 15 is 0 Å². The Morgan fingerprint density at radius 2 is 1.83 bits per heavy atom. The Morgan fingerprint density at radius 3 is 2.52 bits per heavy atom. The molecule has 0 aromatic heterocycles. The maximum absolute atomic E-state index is 12.1. The number of nitrogens with one attached hydrogen (secondary N) is 2. The van der Waals surface area contributed by atoms with E-state index in [2.05, 4.69) is 27.7 Å². The normalized spacial score (nSPS) is 14.8. The zero-order valence-corrected chi connectivity index (χ0v) is 16.8. The summed E-state index contributed by atoms with van der Waals surface area (Å²) in [6, 6.07) is 16.8. The standard InChI is InChI=1S/C22H23ClN4O2/c23-19-7-6-18(13-24)20(12-19)26-22(29)21(28)25-14-16-8-10-27(11-9-16)15-17-4-2-1-3-5-17/h1-7,12,16H,8-11,14-15H2,(H,25,28)(H,26,29). The van der Waals surface area contributed by atoms with Gasteiger partial charge in [-0.2, -0.15) is 5.26 Å². The molecule has 1 fully saturated rings. The van der Waals surface area contributed by atoms with Gasteiger partial charge < -0.3 is 10.6 Å². The van der Waals surface area contributed by atoms with Crippen LogP contribution in [0.2, 0.25) is 5.02 Å². The second kappa shape index (κ2) is 10.1. The summed E-state index contributed by atoms with van der Waals surface area (Å²) in [5.74, 6) is -1.16. The molecule has 150 valence electrons. The first-order valence-electron chi connectivity index (χ1n) is 9.60. The number of carbonyl (C=O) groups excluding carboxylic acids is 2. The molecule has 29 heavy (non-hydrogen) atoms. The summed E-state index contributed by atoms with van der Waals surface area (Å²) in [4.78, 5) is 26.7. The number of rotatable bonds is 5. The largest absolute Gasteiger partial charge is 0.348 e. The van der Waals surface area contributed by atoms with Crippen LogP contribution in [0.3, 0.4) is 0 Å². The smallest absolute Gasteiger partial charge is 0.313 e. The molecule has 0 atom stereocenters. The molecule has 2 aromatic rings. The Balaban J connectivity index is 1.42. The third kappa shape index (κ3) is 6.05. The van der Waals surface area contributed by atoms with Crippen LogP contribution in [0.1, 0.15) is 24.0 Å². The first-order chi connectivity index (χ1) is 14.0. The average Bonchev–Trinajstić information content (AvgIpc) is 2.74. The number of piperidine rings is 1. The fraction of sp³-hybridized carbons (Fsp3) is 0.318. The van der Waals surface area contributed by atoms with E-state index in [1.54, 1.807) is 6.07 Å². The molecule has 0 bridgehead atoms. The fourth-order valence-corrected chi connectivity index (χ4v) is 3.58. The van der Waals surface area contributed by atoms with E-state index in [1.165, 1.54) is 17.7 Å². The van der Waals surface area contributed by atoms with Crippen molar-refractivity contribution in [3.05, 3.63) is 64.7 Å². The maximum Gasteiger partial charge on any atom is 0.313 e. The van der Waals surface area contributed by atoms with Gasteiger partial charge in [-0.1, -0.05) is 41.9 Å². The molecule has 6 nitrogen and oxygen atoms in total. The average molecular weight is 411 g/mol. The van der Waals surface area contributed by atoms with Gasteiger partial charge in [-0.3, -0.25) is 14.5 Å². The van der Waals surface area contributed by atoms with E-state index < -0.39 is 11.8 Å². The summed E-state index contributed by atoms with van der Waals surface area (Å²) in [5.41, 5.74) is 1.78. The van der Waals surface area contributed by atoms with Gasteiger partial charge in [0.15, 0.2) is 0 Å². The number of benzene rings is 2. The molecule has 1 heterocycles. The summed E-state index contributed by atoms with van der Waals surface area (Å²) in [6.07, 6.45) is 1.95. The van der Waals surface area contributed by atoms with Crippen LogP contribution in [0.4, 0.5) is 5.69 Å². The molecule has 2 N–H and O–H groups in total. The Morgan fingerprint density at radius 1 is 1.10 bits per heavy atom. The number of likely N-dealkylation sites (tertiary alicyclic amines) is 1. The van der Waals surface area contributed by atoms with Crippen molar-refractivity contribution in [3.63, 3.8) is 0 Å². The molecule has 1 aliphatic heterocycles. The summed E-state index contributed by atoms with van der Waals surface area (Å²) >= 11 is 5.90. The second-order valence-corrected chi connectivity index (χ2v) is 7.61. The molecular formula is C22H23ClN4O2. The van der Waals surface area contributed by atoms with E-state index in [-0.39, 0.29) is 11.3 Å². The highest BCUT2D eigenvalue weighted by Crippen LogP contribution is 2.21. The van der Waals surface area contributed by atoms with Crippen LogP contribution < -0.4 is 10.6 Å². The molecule has 7 heteroatoms. The summed E-state index contributed by atoms with van der Waals surface area (Å²) in [5, 5.41) is 14.6. The zero-order valence-electron chi connectivity index (χ0n) is 16.0. The molecular weight excluding hydrogens is 388 g/mol. The lowest BCUT2D eigenvalue weighted by atomic mass is 9.96. The van der Waals surface area contributed by atoms with E-state index in [9.17, 15) is 9.59 Å². The van der Waals surface area contributed by atoms with E-state index in [0.717, 1.165) is 32.5 Å². The zero-order chi connectivity index (χ0) is 20.6. The van der Waals surface area contributed by atoms with Gasteiger partial charge in [0.05, 0.1) is 11.3 Å². The Kier molecular flexibility index (Phi) is 7.23. The number of nitriles is 1. The molecule has 1 saturated heterocycles. The Bertz CT molecular complexity index is 903. The molecule has 0 aliphatic carbocycles. The first-order valence-corrected chi connectivity index (χ1v) is 9.98. The van der Waals surface area contributed by atoms with Gasteiger partial charge in [-0.25, -0.2) is 0 Å². The Hall–Kier alpha value is -2.88. The minimum atomic E-state index is -0.801. The minimum Gasteiger partial charge on any atom is -0.348 e. The van der Waals surface area contributed by atoms with E-state index in [0.29, 0.717) is 17.5 Å². The van der Waals surface area contributed by atoms with Gasteiger partial charge in [0.1, 0.15) is 6.07 Å². The number of amides is 2.